The molecule has 0 aromatic heterocycles. The van der Waals surface area contributed by atoms with Gasteiger partial charge in [-0.05, 0) is 0 Å². The van der Waals surface area contributed by atoms with Crippen molar-refractivity contribution in [1.29, 1.82) is 0 Å². The molecule has 0 bridgehead atoms. The van der Waals surface area contributed by atoms with E-state index in [4.69, 9.17) is 9.84 Å². The molecular formula is C10H12N4O5. The zero-order valence-corrected chi connectivity index (χ0v) is 9.70. The van der Waals surface area contributed by atoms with Crippen LogP contribution in [0.2, 0.25) is 0 Å². The highest BCUT2D eigenvalue weighted by Crippen LogP contribution is 2.26. The Hall–Kier alpha value is -1.68. The monoisotopic (exact) mass is 268 g/mol. The van der Waals surface area contributed by atoms with Crippen LogP contribution in [0, 0.1) is 0 Å². The van der Waals surface area contributed by atoms with Crippen molar-refractivity contribution in [1.82, 2.24) is 4.90 Å². The number of carbonyl (C=O) groups excluding carboxylic acids is 1. The van der Waals surface area contributed by atoms with Crippen LogP contribution in [0.4, 0.5) is 0 Å². The van der Waals surface area contributed by atoms with Crippen LogP contribution in [0.5, 0.6) is 0 Å². The summed E-state index contributed by atoms with van der Waals surface area (Å²) in [7, 11) is 0. The van der Waals surface area contributed by atoms with Gasteiger partial charge in [-0.1, -0.05) is 0 Å². The minimum atomic E-state index is -1.24. The Morgan fingerprint density at radius 3 is 2.84 bits per heavy atom. The summed E-state index contributed by atoms with van der Waals surface area (Å²) in [6, 6.07) is -0.828. The van der Waals surface area contributed by atoms with E-state index in [1.165, 1.54) is 11.2 Å². The molecule has 3 rings (SSSR count). The lowest BCUT2D eigenvalue weighted by molar-refractivity contribution is -0.117. The summed E-state index contributed by atoms with van der Waals surface area (Å²) in [5, 5.41) is 28.6. The fourth-order valence-electron chi connectivity index (χ4n) is 2.24. The first-order valence-corrected chi connectivity index (χ1v) is 5.71. The Morgan fingerprint density at radius 2 is 2.16 bits per heavy atom. The molecule has 9 nitrogen and oxygen atoms in total. The predicted octanol–water partition coefficient (Wildman–Crippen LogP) is -2.90. The number of ether oxygens (including phenoxy) is 1. The third kappa shape index (κ3) is 1.78. The highest BCUT2D eigenvalue weighted by atomic mass is 16.6. The average molecular weight is 268 g/mol. The predicted molar refractivity (Wildman–Crippen MR) is 62.8 cm³/mol. The maximum atomic E-state index is 11.5. The van der Waals surface area contributed by atoms with E-state index >= 15 is 0 Å². The van der Waals surface area contributed by atoms with E-state index in [1.54, 1.807) is 0 Å². The van der Waals surface area contributed by atoms with Crippen LogP contribution in [0.3, 0.4) is 0 Å². The van der Waals surface area contributed by atoms with Gasteiger partial charge in [0.15, 0.2) is 12.3 Å². The van der Waals surface area contributed by atoms with Crippen molar-refractivity contribution in [3.05, 3.63) is 0 Å². The second-order valence-electron chi connectivity index (χ2n) is 4.37. The molecule has 1 saturated heterocycles. The van der Waals surface area contributed by atoms with Crippen LogP contribution in [-0.2, 0) is 9.53 Å². The molecule has 0 spiro atoms. The van der Waals surface area contributed by atoms with E-state index in [0.29, 0.717) is 0 Å². The summed E-state index contributed by atoms with van der Waals surface area (Å²) in [6.45, 7) is -0.421. The van der Waals surface area contributed by atoms with E-state index < -0.39 is 43.1 Å². The Kier molecular flexibility index (Phi) is 2.90. The number of hydrogen-bond acceptors (Lipinski definition) is 8. The van der Waals surface area contributed by atoms with Gasteiger partial charge in [0, 0.05) is 0 Å². The van der Waals surface area contributed by atoms with E-state index in [0.717, 1.165) is 6.34 Å². The van der Waals surface area contributed by atoms with E-state index in [2.05, 4.69) is 15.0 Å². The minimum absolute atomic E-state index is 0.287. The molecule has 1 amide bonds. The zero-order chi connectivity index (χ0) is 13.6. The second kappa shape index (κ2) is 4.46. The van der Waals surface area contributed by atoms with Crippen LogP contribution < -0.4 is 0 Å². The van der Waals surface area contributed by atoms with Crippen LogP contribution in [-0.4, -0.2) is 81.8 Å². The van der Waals surface area contributed by atoms with Crippen LogP contribution >= 0.6 is 0 Å². The molecule has 1 unspecified atom stereocenters. The Morgan fingerprint density at radius 1 is 1.37 bits per heavy atom. The normalized spacial score (nSPS) is 40.8. The number of aliphatic hydroxyl groups is 3. The molecular weight excluding hydrogens is 256 g/mol. The summed E-state index contributed by atoms with van der Waals surface area (Å²) in [6.07, 6.45) is -1.86. The summed E-state index contributed by atoms with van der Waals surface area (Å²) in [5.74, 6) is -0.162. The molecule has 3 heterocycles. The van der Waals surface area contributed by atoms with Crippen molar-refractivity contribution >= 4 is 24.4 Å². The molecule has 0 aromatic carbocycles. The van der Waals surface area contributed by atoms with Crippen LogP contribution in [0.1, 0.15) is 0 Å². The van der Waals surface area contributed by atoms with E-state index in [-0.39, 0.29) is 5.84 Å². The number of aliphatic hydroxyl groups excluding tert-OH is 3. The molecule has 9 heteroatoms. The average Bonchev–Trinajstić information content (AvgIpc) is 2.94. The summed E-state index contributed by atoms with van der Waals surface area (Å²) >= 11 is 0. The van der Waals surface area contributed by atoms with Gasteiger partial charge in [-0.25, -0.2) is 4.99 Å². The number of carbonyl (C=O) groups is 1. The van der Waals surface area contributed by atoms with Gasteiger partial charge in [-0.2, -0.15) is 4.99 Å². The molecule has 19 heavy (non-hydrogen) atoms. The quantitative estimate of drug-likeness (QED) is 0.493. The number of hydrogen-bond donors (Lipinski definition) is 3. The Balaban J connectivity index is 1.85. The summed E-state index contributed by atoms with van der Waals surface area (Å²) in [4.78, 5) is 24.3. The number of rotatable bonds is 2. The van der Waals surface area contributed by atoms with Gasteiger partial charge in [-0.3, -0.25) is 14.7 Å². The first-order chi connectivity index (χ1) is 9.13. The summed E-state index contributed by atoms with van der Waals surface area (Å²) in [5.41, 5.74) is 0. The van der Waals surface area contributed by atoms with Crippen LogP contribution in [0.15, 0.2) is 15.0 Å². The molecule has 3 aliphatic rings. The molecule has 3 N–H and O–H groups in total. The lowest BCUT2D eigenvalue weighted by Gasteiger charge is -2.26. The van der Waals surface area contributed by atoms with Crippen molar-refractivity contribution in [3.63, 3.8) is 0 Å². The van der Waals surface area contributed by atoms with E-state index in [9.17, 15) is 15.0 Å². The second-order valence-corrected chi connectivity index (χ2v) is 4.37. The maximum Gasteiger partial charge on any atom is 0.279 e. The van der Waals surface area contributed by atoms with Gasteiger partial charge in [0.25, 0.3) is 5.91 Å². The van der Waals surface area contributed by atoms with Gasteiger partial charge in [0.2, 0.25) is 0 Å². The Labute approximate surface area is 107 Å². The first-order valence-electron chi connectivity index (χ1n) is 5.71. The van der Waals surface area contributed by atoms with Crippen molar-refractivity contribution in [2.75, 3.05) is 6.61 Å². The standard InChI is InChI=1S/C10H12N4O5/c15-1-4-6(16)7(17)10(19-4)14-3-13-5-8(14)11-2-12-9(5)18/h2-7,10,15-17H,1H2/t4-,5?,6-,7+,10-/m1/s1. The van der Waals surface area contributed by atoms with Crippen molar-refractivity contribution in [2.45, 2.75) is 30.6 Å². The number of amidine groups is 1. The lowest BCUT2D eigenvalue weighted by atomic mass is 10.1. The van der Waals surface area contributed by atoms with Gasteiger partial charge in [0.05, 0.1) is 12.9 Å². The smallest absolute Gasteiger partial charge is 0.279 e. The van der Waals surface area contributed by atoms with Gasteiger partial charge < -0.3 is 20.1 Å². The van der Waals surface area contributed by atoms with Crippen molar-refractivity contribution in [3.8, 4) is 0 Å². The van der Waals surface area contributed by atoms with Gasteiger partial charge in [0.1, 0.15) is 30.5 Å². The zero-order valence-electron chi connectivity index (χ0n) is 9.70. The maximum absolute atomic E-state index is 11.5. The molecule has 0 radical (unpaired) electrons. The molecule has 102 valence electrons. The number of aliphatic imine (C=N–C) groups is 3. The molecule has 0 aliphatic carbocycles. The topological polar surface area (TPSA) is 127 Å². The number of nitrogens with zero attached hydrogens (tertiary/aromatic N) is 4. The third-order valence-electron chi connectivity index (χ3n) is 3.25. The summed E-state index contributed by atoms with van der Waals surface area (Å²) < 4.78 is 5.35. The molecule has 5 atom stereocenters. The number of fused-ring (bicyclic) bond motifs is 1. The minimum Gasteiger partial charge on any atom is -0.394 e. The van der Waals surface area contributed by atoms with Crippen molar-refractivity contribution in [2.24, 2.45) is 15.0 Å². The fourth-order valence-corrected chi connectivity index (χ4v) is 2.24. The van der Waals surface area contributed by atoms with Gasteiger partial charge >= 0.3 is 0 Å². The molecule has 0 saturated carbocycles. The van der Waals surface area contributed by atoms with Gasteiger partial charge in [-0.15, -0.1) is 0 Å². The molecule has 3 aliphatic heterocycles. The van der Waals surface area contributed by atoms with Crippen LogP contribution in [0.25, 0.3) is 0 Å². The number of amides is 1. The SMILES string of the molecule is O=C1N=CN=C2C1N=CN2[C@@H]1O[C@H](CO)[C@@H](O)[C@@H]1O. The first kappa shape index (κ1) is 12.4. The largest absolute Gasteiger partial charge is 0.394 e. The molecule has 0 aromatic rings. The highest BCUT2D eigenvalue weighted by molar-refractivity contribution is 6.19. The fraction of sp³-hybridized carbons (Fsp3) is 0.600. The third-order valence-corrected chi connectivity index (χ3v) is 3.25. The molecule has 1 fully saturated rings. The van der Waals surface area contributed by atoms with E-state index in [1.807, 2.05) is 0 Å². The van der Waals surface area contributed by atoms with Crippen molar-refractivity contribution < 1.29 is 24.9 Å². The Bertz CT molecular complexity index is 490. The highest BCUT2D eigenvalue weighted by Gasteiger charge is 2.48. The lowest BCUT2D eigenvalue weighted by Crippen LogP contribution is -2.48.